The predicted molar refractivity (Wildman–Crippen MR) is 85.7 cm³/mol. The zero-order valence-electron chi connectivity index (χ0n) is 14.0. The van der Waals surface area contributed by atoms with Gasteiger partial charge in [0.2, 0.25) is 0 Å². The molecule has 116 valence electrons. The molecule has 2 atom stereocenters. The average molecular weight is 271 g/mol. The van der Waals surface area contributed by atoms with Gasteiger partial charge in [0.25, 0.3) is 0 Å². The van der Waals surface area contributed by atoms with Crippen LogP contribution in [0.4, 0.5) is 0 Å². The number of nitrogens with one attached hydrogen (secondary N) is 1. The Labute approximate surface area is 121 Å². The Balaban J connectivity index is 4.17. The normalized spacial score (nSPS) is 14.8. The van der Waals surface area contributed by atoms with E-state index in [1.807, 2.05) is 0 Å². The molecule has 0 spiro atoms. The van der Waals surface area contributed by atoms with Crippen LogP contribution < -0.4 is 5.32 Å². The van der Waals surface area contributed by atoms with Crippen molar-refractivity contribution in [2.75, 3.05) is 13.2 Å². The number of rotatable bonds is 13. The lowest BCUT2D eigenvalue weighted by Gasteiger charge is -2.31. The Morgan fingerprint density at radius 1 is 0.895 bits per heavy atom. The topological polar surface area (TPSA) is 21.3 Å². The molecule has 0 aliphatic rings. The first kappa shape index (κ1) is 18.9. The summed E-state index contributed by atoms with van der Waals surface area (Å²) in [5.41, 5.74) is 0. The molecule has 0 rings (SSSR count). The molecule has 0 fully saturated rings. The second-order valence-corrected chi connectivity index (χ2v) is 5.93. The van der Waals surface area contributed by atoms with Crippen LogP contribution in [-0.2, 0) is 4.74 Å². The molecule has 2 heteroatoms. The highest BCUT2D eigenvalue weighted by Gasteiger charge is 2.23. The van der Waals surface area contributed by atoms with Crippen LogP contribution in [0.2, 0.25) is 0 Å². The van der Waals surface area contributed by atoms with E-state index in [9.17, 15) is 0 Å². The van der Waals surface area contributed by atoms with Crippen LogP contribution in [0, 0.1) is 5.92 Å². The van der Waals surface area contributed by atoms with E-state index >= 15 is 0 Å². The van der Waals surface area contributed by atoms with Crippen molar-refractivity contribution < 1.29 is 4.74 Å². The maximum absolute atomic E-state index is 5.98. The van der Waals surface area contributed by atoms with Gasteiger partial charge in [0.05, 0.1) is 6.10 Å². The van der Waals surface area contributed by atoms with Crippen LogP contribution in [0.3, 0.4) is 0 Å². The highest BCUT2D eigenvalue weighted by molar-refractivity contribution is 4.79. The van der Waals surface area contributed by atoms with Gasteiger partial charge in [0, 0.05) is 12.6 Å². The second-order valence-electron chi connectivity index (χ2n) is 5.93. The van der Waals surface area contributed by atoms with Crippen molar-refractivity contribution in [3.8, 4) is 0 Å². The summed E-state index contributed by atoms with van der Waals surface area (Å²) in [6.07, 6.45) is 9.61. The molecule has 0 amide bonds. The summed E-state index contributed by atoms with van der Waals surface area (Å²) in [4.78, 5) is 0. The summed E-state index contributed by atoms with van der Waals surface area (Å²) in [6, 6.07) is 0.529. The van der Waals surface area contributed by atoms with Gasteiger partial charge >= 0.3 is 0 Å². The van der Waals surface area contributed by atoms with Crippen LogP contribution in [0.5, 0.6) is 0 Å². The van der Waals surface area contributed by atoms with E-state index in [0.29, 0.717) is 18.1 Å². The Hall–Kier alpha value is -0.0800. The lowest BCUT2D eigenvalue weighted by atomic mass is 9.94. The molecule has 0 aromatic heterocycles. The van der Waals surface area contributed by atoms with Crippen LogP contribution in [0.25, 0.3) is 0 Å². The fraction of sp³-hybridized carbons (Fsp3) is 1.00. The van der Waals surface area contributed by atoms with E-state index in [0.717, 1.165) is 13.2 Å². The minimum absolute atomic E-state index is 0.364. The predicted octanol–water partition coefficient (Wildman–Crippen LogP) is 4.78. The van der Waals surface area contributed by atoms with Gasteiger partial charge in [-0.05, 0) is 32.2 Å². The molecule has 0 radical (unpaired) electrons. The highest BCUT2D eigenvalue weighted by Crippen LogP contribution is 2.17. The molecule has 2 unspecified atom stereocenters. The van der Waals surface area contributed by atoms with Crippen molar-refractivity contribution in [2.24, 2.45) is 5.92 Å². The third-order valence-corrected chi connectivity index (χ3v) is 3.69. The lowest BCUT2D eigenvalue weighted by Crippen LogP contribution is -2.44. The molecule has 0 aromatic carbocycles. The van der Waals surface area contributed by atoms with E-state index in [1.165, 1.54) is 44.9 Å². The number of ether oxygens (including phenoxy) is 1. The third kappa shape index (κ3) is 9.45. The van der Waals surface area contributed by atoms with Gasteiger partial charge in [-0.15, -0.1) is 0 Å². The van der Waals surface area contributed by atoms with Crippen LogP contribution in [0.1, 0.15) is 79.6 Å². The van der Waals surface area contributed by atoms with Crippen molar-refractivity contribution >= 4 is 0 Å². The van der Waals surface area contributed by atoms with Gasteiger partial charge in [0.1, 0.15) is 0 Å². The summed E-state index contributed by atoms with van der Waals surface area (Å²) in [7, 11) is 0. The molecular formula is C17H37NO. The Kier molecular flexibility index (Phi) is 12.9. The smallest absolute Gasteiger partial charge is 0.0750 e. The molecule has 0 saturated heterocycles. The maximum atomic E-state index is 5.98. The SMILES string of the molecule is CCCCCCCC(NCCC)C(OCC)C(C)C. The van der Waals surface area contributed by atoms with Gasteiger partial charge in [-0.25, -0.2) is 0 Å². The zero-order chi connectivity index (χ0) is 14.5. The summed E-state index contributed by atoms with van der Waals surface area (Å²) in [5.74, 6) is 0.588. The Bertz CT molecular complexity index is 182. The molecule has 0 saturated carbocycles. The van der Waals surface area contributed by atoms with Gasteiger partial charge in [-0.3, -0.25) is 0 Å². The standard InChI is InChI=1S/C17H37NO/c1-6-9-10-11-12-13-16(18-14-7-2)17(15(4)5)19-8-3/h15-18H,6-14H2,1-5H3. The minimum Gasteiger partial charge on any atom is -0.377 e. The quantitative estimate of drug-likeness (QED) is 0.487. The monoisotopic (exact) mass is 271 g/mol. The molecular weight excluding hydrogens is 234 g/mol. The molecule has 0 aromatic rings. The van der Waals surface area contributed by atoms with E-state index in [2.05, 4.69) is 39.9 Å². The average Bonchev–Trinajstić information content (AvgIpc) is 2.39. The molecule has 0 aliphatic heterocycles. The highest BCUT2D eigenvalue weighted by atomic mass is 16.5. The van der Waals surface area contributed by atoms with E-state index in [1.54, 1.807) is 0 Å². The third-order valence-electron chi connectivity index (χ3n) is 3.69. The maximum Gasteiger partial charge on any atom is 0.0750 e. The van der Waals surface area contributed by atoms with Crippen molar-refractivity contribution in [3.05, 3.63) is 0 Å². The van der Waals surface area contributed by atoms with Gasteiger partial charge < -0.3 is 10.1 Å². The molecule has 2 nitrogen and oxygen atoms in total. The minimum atomic E-state index is 0.364. The van der Waals surface area contributed by atoms with Crippen molar-refractivity contribution in [2.45, 2.75) is 91.7 Å². The van der Waals surface area contributed by atoms with Gasteiger partial charge in [-0.1, -0.05) is 59.8 Å². The van der Waals surface area contributed by atoms with Crippen molar-refractivity contribution in [1.29, 1.82) is 0 Å². The molecule has 0 aliphatic carbocycles. The summed E-state index contributed by atoms with van der Waals surface area (Å²) in [6.45, 7) is 13.1. The molecule has 1 N–H and O–H groups in total. The zero-order valence-corrected chi connectivity index (χ0v) is 14.0. The van der Waals surface area contributed by atoms with Crippen molar-refractivity contribution in [3.63, 3.8) is 0 Å². The number of hydrogen-bond acceptors (Lipinski definition) is 2. The first-order valence-corrected chi connectivity index (χ1v) is 8.52. The van der Waals surface area contributed by atoms with Crippen LogP contribution in [0.15, 0.2) is 0 Å². The molecule has 19 heavy (non-hydrogen) atoms. The van der Waals surface area contributed by atoms with Crippen LogP contribution in [-0.4, -0.2) is 25.3 Å². The molecule has 0 bridgehead atoms. The van der Waals surface area contributed by atoms with E-state index in [4.69, 9.17) is 4.74 Å². The number of unbranched alkanes of at least 4 members (excludes halogenated alkanes) is 4. The fourth-order valence-electron chi connectivity index (χ4n) is 2.65. The molecule has 0 heterocycles. The first-order chi connectivity index (χ1) is 9.17. The number of hydrogen-bond donors (Lipinski definition) is 1. The summed E-state index contributed by atoms with van der Waals surface area (Å²) in [5, 5.41) is 3.70. The first-order valence-electron chi connectivity index (χ1n) is 8.52. The van der Waals surface area contributed by atoms with Gasteiger partial charge in [-0.2, -0.15) is 0 Å². The Morgan fingerprint density at radius 3 is 2.11 bits per heavy atom. The van der Waals surface area contributed by atoms with Crippen molar-refractivity contribution in [1.82, 2.24) is 5.32 Å². The van der Waals surface area contributed by atoms with E-state index < -0.39 is 0 Å². The summed E-state index contributed by atoms with van der Waals surface area (Å²) < 4.78 is 5.98. The summed E-state index contributed by atoms with van der Waals surface area (Å²) >= 11 is 0. The lowest BCUT2D eigenvalue weighted by molar-refractivity contribution is 0.000934. The second kappa shape index (κ2) is 12.9. The van der Waals surface area contributed by atoms with E-state index in [-0.39, 0.29) is 0 Å². The Morgan fingerprint density at radius 2 is 1.58 bits per heavy atom. The fourth-order valence-corrected chi connectivity index (χ4v) is 2.65. The largest absolute Gasteiger partial charge is 0.377 e. The van der Waals surface area contributed by atoms with Crippen LogP contribution >= 0.6 is 0 Å². The van der Waals surface area contributed by atoms with Gasteiger partial charge in [0.15, 0.2) is 0 Å².